The van der Waals surface area contributed by atoms with Gasteiger partial charge in [0.1, 0.15) is 5.75 Å². The molecule has 3 N–H and O–H groups in total. The second-order valence-corrected chi connectivity index (χ2v) is 6.41. The van der Waals surface area contributed by atoms with Gasteiger partial charge < -0.3 is 5.11 Å². The number of phenolic OH excluding ortho intramolecular Hbond substituents is 1. The zero-order chi connectivity index (χ0) is 13.3. The maximum absolute atomic E-state index is 11.3. The Bertz CT molecular complexity index is 504. The summed E-state index contributed by atoms with van der Waals surface area (Å²) in [5.74, 6) is -0.100. The van der Waals surface area contributed by atoms with E-state index in [1.807, 2.05) is 20.8 Å². The Hall–Kier alpha value is -1.27. The van der Waals surface area contributed by atoms with Crippen LogP contribution in [-0.4, -0.2) is 20.6 Å². The zero-order valence-corrected chi connectivity index (χ0v) is 11.2. The normalized spacial score (nSPS) is 12.5. The summed E-state index contributed by atoms with van der Waals surface area (Å²) in [6.07, 6.45) is 0. The first-order valence-electron chi connectivity index (χ1n) is 5.20. The second-order valence-electron chi connectivity index (χ2n) is 4.79. The van der Waals surface area contributed by atoms with Crippen molar-refractivity contribution in [2.45, 2.75) is 26.2 Å². The number of aromatic hydroxyl groups is 1. The van der Waals surface area contributed by atoms with Gasteiger partial charge in [-0.25, -0.2) is 4.72 Å². The van der Waals surface area contributed by atoms with E-state index >= 15 is 0 Å². The Balaban J connectivity index is 3.17. The molecule has 0 saturated carbocycles. The molecule has 0 spiro atoms. The van der Waals surface area contributed by atoms with Crippen LogP contribution in [0.25, 0.3) is 0 Å². The molecule has 0 heterocycles. The number of nitrogens with one attached hydrogen (secondary N) is 2. The standard InChI is InChI=1S/C11H18N2O3S/c1-11(2,3)8-5-6-10(14)9(7-8)13-17(15,16)12-4/h5-7,12-14H,1-4H3. The Morgan fingerprint density at radius 2 is 1.82 bits per heavy atom. The summed E-state index contributed by atoms with van der Waals surface area (Å²) in [6, 6.07) is 4.88. The quantitative estimate of drug-likeness (QED) is 0.720. The van der Waals surface area contributed by atoms with E-state index in [-0.39, 0.29) is 16.9 Å². The van der Waals surface area contributed by atoms with Crippen LogP contribution >= 0.6 is 0 Å². The van der Waals surface area contributed by atoms with Gasteiger partial charge in [-0.2, -0.15) is 8.42 Å². The van der Waals surface area contributed by atoms with Crippen molar-refractivity contribution in [3.05, 3.63) is 23.8 Å². The second kappa shape index (κ2) is 4.54. The van der Waals surface area contributed by atoms with Crippen LogP contribution in [0.3, 0.4) is 0 Å². The fourth-order valence-corrected chi connectivity index (χ4v) is 1.84. The summed E-state index contributed by atoms with van der Waals surface area (Å²) < 4.78 is 27.1. The lowest BCUT2D eigenvalue weighted by atomic mass is 9.87. The molecule has 0 radical (unpaired) electrons. The maximum Gasteiger partial charge on any atom is 0.298 e. The van der Waals surface area contributed by atoms with Crippen molar-refractivity contribution in [3.63, 3.8) is 0 Å². The molecule has 0 saturated heterocycles. The SMILES string of the molecule is CNS(=O)(=O)Nc1cc(C(C)(C)C)ccc1O. The van der Waals surface area contributed by atoms with E-state index in [9.17, 15) is 13.5 Å². The highest BCUT2D eigenvalue weighted by atomic mass is 32.2. The molecule has 1 aromatic carbocycles. The molecule has 0 aromatic heterocycles. The summed E-state index contributed by atoms with van der Waals surface area (Å²) >= 11 is 0. The highest BCUT2D eigenvalue weighted by molar-refractivity contribution is 7.90. The van der Waals surface area contributed by atoms with Crippen molar-refractivity contribution >= 4 is 15.9 Å². The van der Waals surface area contributed by atoms with Crippen LogP contribution in [0.1, 0.15) is 26.3 Å². The van der Waals surface area contributed by atoms with Gasteiger partial charge >= 0.3 is 0 Å². The molecule has 0 fully saturated rings. The highest BCUT2D eigenvalue weighted by Crippen LogP contribution is 2.30. The van der Waals surface area contributed by atoms with E-state index in [1.165, 1.54) is 13.1 Å². The van der Waals surface area contributed by atoms with Crippen molar-refractivity contribution in [2.24, 2.45) is 0 Å². The Kier molecular flexibility index (Phi) is 3.68. The molecule has 6 heteroatoms. The lowest BCUT2D eigenvalue weighted by molar-refractivity contribution is 0.476. The summed E-state index contributed by atoms with van der Waals surface area (Å²) in [7, 11) is -2.32. The average Bonchev–Trinajstić information content (AvgIpc) is 2.19. The zero-order valence-electron chi connectivity index (χ0n) is 10.4. The third kappa shape index (κ3) is 3.61. The first kappa shape index (κ1) is 13.8. The van der Waals surface area contributed by atoms with E-state index in [0.29, 0.717) is 0 Å². The minimum absolute atomic E-state index is 0.100. The molecule has 0 aliphatic rings. The summed E-state index contributed by atoms with van der Waals surface area (Å²) in [6.45, 7) is 6.03. The van der Waals surface area contributed by atoms with E-state index < -0.39 is 10.2 Å². The first-order valence-corrected chi connectivity index (χ1v) is 6.69. The van der Waals surface area contributed by atoms with Gasteiger partial charge in [0.25, 0.3) is 10.2 Å². The molecule has 0 atom stereocenters. The predicted molar refractivity (Wildman–Crippen MR) is 68.4 cm³/mol. The fourth-order valence-electron chi connectivity index (χ4n) is 1.28. The van der Waals surface area contributed by atoms with Gasteiger partial charge in [-0.3, -0.25) is 4.72 Å². The Morgan fingerprint density at radius 3 is 2.29 bits per heavy atom. The van der Waals surface area contributed by atoms with Crippen LogP contribution < -0.4 is 9.44 Å². The smallest absolute Gasteiger partial charge is 0.298 e. The lowest BCUT2D eigenvalue weighted by Gasteiger charge is -2.20. The van der Waals surface area contributed by atoms with Crippen LogP contribution in [0.5, 0.6) is 5.75 Å². The Labute approximate surface area is 102 Å². The van der Waals surface area contributed by atoms with Gasteiger partial charge in [-0.15, -0.1) is 0 Å². The average molecular weight is 258 g/mol. The lowest BCUT2D eigenvalue weighted by Crippen LogP contribution is -2.26. The third-order valence-corrected chi connectivity index (χ3v) is 3.40. The number of rotatable bonds is 3. The predicted octanol–water partition coefficient (Wildman–Crippen LogP) is 1.57. The number of anilines is 1. The molecule has 17 heavy (non-hydrogen) atoms. The molecule has 1 rings (SSSR count). The molecule has 96 valence electrons. The van der Waals surface area contributed by atoms with Gasteiger partial charge in [0.15, 0.2) is 0 Å². The molecule has 0 unspecified atom stereocenters. The van der Waals surface area contributed by atoms with Crippen molar-refractivity contribution < 1.29 is 13.5 Å². The van der Waals surface area contributed by atoms with Crippen molar-refractivity contribution in [1.29, 1.82) is 0 Å². The fraction of sp³-hybridized carbons (Fsp3) is 0.455. The molecule has 5 nitrogen and oxygen atoms in total. The maximum atomic E-state index is 11.3. The molecule has 0 aliphatic carbocycles. The van der Waals surface area contributed by atoms with Crippen molar-refractivity contribution in [3.8, 4) is 5.75 Å². The minimum atomic E-state index is -3.62. The molecule has 0 aliphatic heterocycles. The molecular weight excluding hydrogens is 240 g/mol. The van der Waals surface area contributed by atoms with E-state index in [1.54, 1.807) is 12.1 Å². The summed E-state index contributed by atoms with van der Waals surface area (Å²) in [5, 5.41) is 9.60. The van der Waals surface area contributed by atoms with Crippen LogP contribution in [0.4, 0.5) is 5.69 Å². The van der Waals surface area contributed by atoms with Crippen LogP contribution in [0.15, 0.2) is 18.2 Å². The van der Waals surface area contributed by atoms with Gasteiger partial charge in [0.2, 0.25) is 0 Å². The molecule has 0 amide bonds. The van der Waals surface area contributed by atoms with Crippen molar-refractivity contribution in [1.82, 2.24) is 4.72 Å². The number of hydrogen-bond acceptors (Lipinski definition) is 3. The third-order valence-electron chi connectivity index (χ3n) is 2.38. The first-order chi connectivity index (χ1) is 7.65. The number of benzene rings is 1. The van der Waals surface area contributed by atoms with E-state index in [2.05, 4.69) is 9.44 Å². The van der Waals surface area contributed by atoms with E-state index in [0.717, 1.165) is 5.56 Å². The summed E-state index contributed by atoms with van der Waals surface area (Å²) in [4.78, 5) is 0. The van der Waals surface area contributed by atoms with Crippen LogP contribution in [0, 0.1) is 0 Å². The van der Waals surface area contributed by atoms with Gasteiger partial charge in [-0.05, 0) is 23.1 Å². The monoisotopic (exact) mass is 258 g/mol. The van der Waals surface area contributed by atoms with Gasteiger partial charge in [0.05, 0.1) is 5.69 Å². The summed E-state index contributed by atoms with van der Waals surface area (Å²) in [5.41, 5.74) is 0.990. The molecule has 1 aromatic rings. The van der Waals surface area contributed by atoms with Gasteiger partial charge in [-0.1, -0.05) is 26.8 Å². The molecule has 0 bridgehead atoms. The Morgan fingerprint density at radius 1 is 1.24 bits per heavy atom. The van der Waals surface area contributed by atoms with Crippen LogP contribution in [-0.2, 0) is 15.6 Å². The van der Waals surface area contributed by atoms with Crippen molar-refractivity contribution in [2.75, 3.05) is 11.8 Å². The van der Waals surface area contributed by atoms with Crippen LogP contribution in [0.2, 0.25) is 0 Å². The minimum Gasteiger partial charge on any atom is -0.506 e. The number of hydrogen-bond donors (Lipinski definition) is 3. The van der Waals surface area contributed by atoms with Gasteiger partial charge in [0, 0.05) is 7.05 Å². The number of phenols is 1. The highest BCUT2D eigenvalue weighted by Gasteiger charge is 2.17. The van der Waals surface area contributed by atoms with E-state index in [4.69, 9.17) is 0 Å². The largest absolute Gasteiger partial charge is 0.506 e. The topological polar surface area (TPSA) is 78.4 Å². The molecular formula is C11H18N2O3S.